The van der Waals surface area contributed by atoms with Gasteiger partial charge in [0.05, 0.1) is 0 Å². The molecule has 4 heteroatoms. The van der Waals surface area contributed by atoms with Gasteiger partial charge in [0.1, 0.15) is 17.8 Å². The van der Waals surface area contributed by atoms with E-state index < -0.39 is 5.60 Å². The highest BCUT2D eigenvalue weighted by atomic mass is 17.2. The first-order chi connectivity index (χ1) is 5.24. The quantitative estimate of drug-likeness (QED) is 0.350. The monoisotopic (exact) mass is 158 g/mol. The largest absolute Gasteiger partial charge is 0.251 e. The normalized spacial score (nSPS) is 48.2. The number of hydrogen-bond acceptors (Lipinski definition) is 4. The molecule has 1 N–H and O–H groups in total. The van der Waals surface area contributed by atoms with E-state index in [9.17, 15) is 0 Å². The van der Waals surface area contributed by atoms with E-state index >= 15 is 0 Å². The van der Waals surface area contributed by atoms with Gasteiger partial charge in [-0.05, 0) is 6.92 Å². The van der Waals surface area contributed by atoms with Gasteiger partial charge in [-0.25, -0.2) is 14.7 Å². The predicted molar refractivity (Wildman–Crippen MR) is 35.6 cm³/mol. The molecule has 2 heterocycles. The zero-order valence-electron chi connectivity index (χ0n) is 6.19. The first-order valence-electron chi connectivity index (χ1n) is 3.58. The summed E-state index contributed by atoms with van der Waals surface area (Å²) in [6.07, 6.45) is 4.00. The SMILES string of the molecule is C[C@]1(OO)C[C@@H]2C=C[C@H]1OO2. The van der Waals surface area contributed by atoms with Crippen LogP contribution < -0.4 is 0 Å². The Bertz CT molecular complexity index is 191. The summed E-state index contributed by atoms with van der Waals surface area (Å²) in [4.78, 5) is 14.2. The summed E-state index contributed by atoms with van der Waals surface area (Å²) in [6.45, 7) is 1.79. The zero-order chi connectivity index (χ0) is 7.90. The molecule has 2 bridgehead atoms. The van der Waals surface area contributed by atoms with Gasteiger partial charge in [-0.3, -0.25) is 5.26 Å². The molecule has 0 aromatic carbocycles. The van der Waals surface area contributed by atoms with Crippen molar-refractivity contribution in [1.82, 2.24) is 0 Å². The van der Waals surface area contributed by atoms with E-state index in [1.165, 1.54) is 0 Å². The van der Waals surface area contributed by atoms with E-state index in [2.05, 4.69) is 4.89 Å². The molecule has 0 aromatic rings. The van der Waals surface area contributed by atoms with Crippen molar-refractivity contribution < 1.29 is 19.9 Å². The third-order valence-corrected chi connectivity index (χ3v) is 2.20. The lowest BCUT2D eigenvalue weighted by molar-refractivity contribution is -0.443. The molecule has 0 unspecified atom stereocenters. The van der Waals surface area contributed by atoms with Crippen molar-refractivity contribution >= 4 is 0 Å². The summed E-state index contributed by atoms with van der Waals surface area (Å²) < 4.78 is 0. The zero-order valence-corrected chi connectivity index (χ0v) is 6.19. The Balaban J connectivity index is 2.23. The smallest absolute Gasteiger partial charge is 0.143 e. The fourth-order valence-electron chi connectivity index (χ4n) is 1.43. The van der Waals surface area contributed by atoms with Gasteiger partial charge < -0.3 is 0 Å². The summed E-state index contributed by atoms with van der Waals surface area (Å²) >= 11 is 0. The maximum Gasteiger partial charge on any atom is 0.143 e. The molecule has 0 spiro atoms. The van der Waals surface area contributed by atoms with E-state index in [0.717, 1.165) is 0 Å². The lowest BCUT2D eigenvalue weighted by Gasteiger charge is -2.41. The molecule has 1 fully saturated rings. The number of hydrogen-bond donors (Lipinski definition) is 1. The molecule has 0 amide bonds. The van der Waals surface area contributed by atoms with Gasteiger partial charge in [0.2, 0.25) is 0 Å². The molecule has 0 saturated carbocycles. The highest BCUT2D eigenvalue weighted by Crippen LogP contribution is 2.35. The van der Waals surface area contributed by atoms with E-state index in [1.807, 2.05) is 12.2 Å². The lowest BCUT2D eigenvalue weighted by Crippen LogP contribution is -2.52. The molecular weight excluding hydrogens is 148 g/mol. The minimum atomic E-state index is -0.641. The highest BCUT2D eigenvalue weighted by Gasteiger charge is 2.46. The fraction of sp³-hybridized carbons (Fsp3) is 0.714. The molecule has 3 rings (SSSR count). The van der Waals surface area contributed by atoms with Crippen LogP contribution in [0.5, 0.6) is 0 Å². The van der Waals surface area contributed by atoms with Gasteiger partial charge in [-0.15, -0.1) is 0 Å². The van der Waals surface area contributed by atoms with Crippen LogP contribution in [0.4, 0.5) is 0 Å². The second kappa shape index (κ2) is 2.28. The number of fused-ring (bicyclic) bond motifs is 2. The van der Waals surface area contributed by atoms with Crippen molar-refractivity contribution in [1.29, 1.82) is 0 Å². The van der Waals surface area contributed by atoms with E-state index in [-0.39, 0.29) is 12.2 Å². The first-order valence-corrected chi connectivity index (χ1v) is 3.58. The predicted octanol–water partition coefficient (Wildman–Crippen LogP) is 0.894. The summed E-state index contributed by atoms with van der Waals surface area (Å²) in [6, 6.07) is 0. The summed E-state index contributed by atoms with van der Waals surface area (Å²) in [5.41, 5.74) is -0.641. The minimum absolute atomic E-state index is 0.0860. The van der Waals surface area contributed by atoms with Gasteiger partial charge in [-0.1, -0.05) is 12.2 Å². The Labute approximate surface area is 64.2 Å². The number of rotatable bonds is 1. The maximum absolute atomic E-state index is 8.60. The fourth-order valence-corrected chi connectivity index (χ4v) is 1.43. The van der Waals surface area contributed by atoms with E-state index in [0.29, 0.717) is 6.42 Å². The molecular formula is C7H10O4. The van der Waals surface area contributed by atoms with Gasteiger partial charge in [-0.2, -0.15) is 0 Å². The molecule has 3 atom stereocenters. The topological polar surface area (TPSA) is 47.9 Å². The van der Waals surface area contributed by atoms with Crippen molar-refractivity contribution in [2.75, 3.05) is 0 Å². The summed E-state index contributed by atoms with van der Waals surface area (Å²) in [7, 11) is 0. The molecule has 11 heavy (non-hydrogen) atoms. The van der Waals surface area contributed by atoms with Crippen LogP contribution >= 0.6 is 0 Å². The van der Waals surface area contributed by atoms with Gasteiger partial charge in [0.15, 0.2) is 0 Å². The molecule has 0 radical (unpaired) electrons. The van der Waals surface area contributed by atoms with Crippen LogP contribution in [-0.4, -0.2) is 23.1 Å². The van der Waals surface area contributed by atoms with Crippen molar-refractivity contribution in [2.45, 2.75) is 31.2 Å². The first kappa shape index (κ1) is 7.24. The van der Waals surface area contributed by atoms with Crippen LogP contribution in [0.2, 0.25) is 0 Å². The van der Waals surface area contributed by atoms with Crippen LogP contribution in [0.15, 0.2) is 12.2 Å². The van der Waals surface area contributed by atoms with Crippen LogP contribution in [0.1, 0.15) is 13.3 Å². The van der Waals surface area contributed by atoms with Crippen molar-refractivity contribution in [3.63, 3.8) is 0 Å². The van der Waals surface area contributed by atoms with Gasteiger partial charge >= 0.3 is 0 Å². The van der Waals surface area contributed by atoms with Crippen LogP contribution in [0.3, 0.4) is 0 Å². The molecule has 4 nitrogen and oxygen atoms in total. The van der Waals surface area contributed by atoms with E-state index in [4.69, 9.17) is 15.0 Å². The highest BCUT2D eigenvalue weighted by molar-refractivity contribution is 5.11. The van der Waals surface area contributed by atoms with Crippen molar-refractivity contribution in [2.24, 2.45) is 0 Å². The maximum atomic E-state index is 8.60. The third kappa shape index (κ3) is 0.990. The van der Waals surface area contributed by atoms with Gasteiger partial charge in [0.25, 0.3) is 0 Å². The van der Waals surface area contributed by atoms with Crippen LogP contribution in [-0.2, 0) is 14.7 Å². The van der Waals surface area contributed by atoms with E-state index in [1.54, 1.807) is 6.92 Å². The third-order valence-electron chi connectivity index (χ3n) is 2.20. The standard InChI is InChI=1S/C7H10O4/c1-7(11-8)4-5-2-3-6(7)10-9-5/h2-3,5-6,8H,4H2,1H3/t5-,6+,7-/m0/s1. The average Bonchev–Trinajstić information content (AvgIpc) is 2.06. The Morgan fingerprint density at radius 3 is 2.64 bits per heavy atom. The minimum Gasteiger partial charge on any atom is -0.251 e. The molecule has 3 aliphatic rings. The molecule has 0 aromatic heterocycles. The van der Waals surface area contributed by atoms with Gasteiger partial charge in [0, 0.05) is 6.42 Å². The van der Waals surface area contributed by atoms with Crippen LogP contribution in [0, 0.1) is 0 Å². The van der Waals surface area contributed by atoms with Crippen molar-refractivity contribution in [3.05, 3.63) is 12.2 Å². The molecule has 2 aliphatic heterocycles. The Morgan fingerprint density at radius 2 is 2.36 bits per heavy atom. The lowest BCUT2D eigenvalue weighted by atomic mass is 9.86. The molecule has 62 valence electrons. The molecule has 1 saturated heterocycles. The second-order valence-corrected chi connectivity index (χ2v) is 3.14. The Morgan fingerprint density at radius 1 is 1.55 bits per heavy atom. The summed E-state index contributed by atoms with van der Waals surface area (Å²) in [5, 5.41) is 8.60. The van der Waals surface area contributed by atoms with Crippen LogP contribution in [0.25, 0.3) is 0 Å². The average molecular weight is 158 g/mol. The Hall–Kier alpha value is -0.420. The Kier molecular flexibility index (Phi) is 1.50. The molecule has 1 aliphatic carbocycles. The second-order valence-electron chi connectivity index (χ2n) is 3.14. The van der Waals surface area contributed by atoms with Crippen molar-refractivity contribution in [3.8, 4) is 0 Å². The summed E-state index contributed by atoms with van der Waals surface area (Å²) in [5.74, 6) is 0.